The van der Waals surface area contributed by atoms with E-state index in [-0.39, 0.29) is 30.5 Å². The zero-order valence-corrected chi connectivity index (χ0v) is 10.7. The molecule has 3 aliphatic rings. The summed E-state index contributed by atoms with van der Waals surface area (Å²) in [7, 11) is 0. The standard InChI is InChI=1S/C12H20O5/c1-6-5-12(4,13)16-8-7(6)14-10-9(8)15-11(2,3)17-10/h6-10,13H,5H2,1-4H3/t6-,7+,8-,9+,10+,12-/m0/s1. The van der Waals surface area contributed by atoms with Gasteiger partial charge in [-0.05, 0) is 26.7 Å². The molecular formula is C12H20O5. The van der Waals surface area contributed by atoms with Crippen molar-refractivity contribution in [1.29, 1.82) is 0 Å². The first kappa shape index (κ1) is 11.9. The summed E-state index contributed by atoms with van der Waals surface area (Å²) in [6, 6.07) is 0. The Morgan fingerprint density at radius 3 is 2.41 bits per heavy atom. The molecule has 0 radical (unpaired) electrons. The van der Waals surface area contributed by atoms with Crippen molar-refractivity contribution in [3.8, 4) is 0 Å². The molecule has 6 atom stereocenters. The largest absolute Gasteiger partial charge is 0.366 e. The van der Waals surface area contributed by atoms with Crippen molar-refractivity contribution in [1.82, 2.24) is 0 Å². The van der Waals surface area contributed by atoms with Crippen LogP contribution < -0.4 is 0 Å². The third-order valence-corrected chi connectivity index (χ3v) is 3.68. The van der Waals surface area contributed by atoms with E-state index >= 15 is 0 Å². The molecule has 0 aromatic rings. The monoisotopic (exact) mass is 244 g/mol. The molecule has 3 heterocycles. The van der Waals surface area contributed by atoms with E-state index in [0.717, 1.165) is 0 Å². The van der Waals surface area contributed by atoms with Gasteiger partial charge in [0.15, 0.2) is 17.9 Å². The van der Waals surface area contributed by atoms with Gasteiger partial charge in [-0.3, -0.25) is 0 Å². The Kier molecular flexibility index (Phi) is 2.39. The minimum atomic E-state index is -1.10. The molecule has 5 heteroatoms. The van der Waals surface area contributed by atoms with Gasteiger partial charge >= 0.3 is 0 Å². The SMILES string of the molecule is C[C@H]1C[C@@](C)(O)O[C@@H]2[C@H]3OC(C)(C)O[C@H]3O[C@@H]21. The number of rotatable bonds is 0. The maximum atomic E-state index is 10.1. The molecule has 3 fully saturated rings. The minimum absolute atomic E-state index is 0.0543. The normalized spacial score (nSPS) is 56.6. The maximum Gasteiger partial charge on any atom is 0.190 e. The van der Waals surface area contributed by atoms with Gasteiger partial charge in [-0.1, -0.05) is 6.92 Å². The summed E-state index contributed by atoms with van der Waals surface area (Å²) in [5.74, 6) is -1.52. The second-order valence-corrected chi connectivity index (χ2v) is 6.01. The van der Waals surface area contributed by atoms with Gasteiger partial charge in [0.05, 0.1) is 6.10 Å². The molecule has 1 N–H and O–H groups in total. The van der Waals surface area contributed by atoms with Crippen LogP contribution in [0.5, 0.6) is 0 Å². The van der Waals surface area contributed by atoms with Crippen LogP contribution in [-0.4, -0.2) is 41.3 Å². The molecule has 0 bridgehead atoms. The van der Waals surface area contributed by atoms with Crippen LogP contribution in [0.1, 0.15) is 34.1 Å². The van der Waals surface area contributed by atoms with Gasteiger partial charge in [0.2, 0.25) is 0 Å². The fourth-order valence-corrected chi connectivity index (χ4v) is 3.15. The van der Waals surface area contributed by atoms with E-state index in [0.29, 0.717) is 6.42 Å². The van der Waals surface area contributed by atoms with Gasteiger partial charge in [-0.15, -0.1) is 0 Å². The average Bonchev–Trinajstić information content (AvgIpc) is 2.58. The molecule has 0 aromatic heterocycles. The Bertz CT molecular complexity index is 327. The van der Waals surface area contributed by atoms with Crippen molar-refractivity contribution in [2.45, 2.75) is 70.3 Å². The molecule has 0 amide bonds. The van der Waals surface area contributed by atoms with Crippen LogP contribution in [0.25, 0.3) is 0 Å². The molecule has 5 nitrogen and oxygen atoms in total. The lowest BCUT2D eigenvalue weighted by Gasteiger charge is -2.41. The van der Waals surface area contributed by atoms with E-state index in [2.05, 4.69) is 6.92 Å². The lowest BCUT2D eigenvalue weighted by Crippen LogP contribution is -2.52. The van der Waals surface area contributed by atoms with E-state index < -0.39 is 11.6 Å². The van der Waals surface area contributed by atoms with Gasteiger partial charge in [0.1, 0.15) is 12.2 Å². The fourth-order valence-electron chi connectivity index (χ4n) is 3.15. The van der Waals surface area contributed by atoms with Gasteiger partial charge in [0, 0.05) is 6.42 Å². The lowest BCUT2D eigenvalue weighted by atomic mass is 9.88. The Morgan fingerprint density at radius 2 is 1.71 bits per heavy atom. The van der Waals surface area contributed by atoms with Gasteiger partial charge in [-0.25, -0.2) is 0 Å². The molecular weight excluding hydrogens is 224 g/mol. The van der Waals surface area contributed by atoms with Crippen molar-refractivity contribution >= 4 is 0 Å². The van der Waals surface area contributed by atoms with E-state index in [1.165, 1.54) is 0 Å². The first-order chi connectivity index (χ1) is 7.77. The molecule has 3 saturated heterocycles. The summed E-state index contributed by atoms with van der Waals surface area (Å²) in [6.45, 7) is 7.46. The lowest BCUT2D eigenvalue weighted by molar-refractivity contribution is -0.300. The summed E-state index contributed by atoms with van der Waals surface area (Å²) >= 11 is 0. The van der Waals surface area contributed by atoms with E-state index in [1.807, 2.05) is 13.8 Å². The Hall–Kier alpha value is -0.200. The Balaban J connectivity index is 1.82. The molecule has 0 unspecified atom stereocenters. The number of fused-ring (bicyclic) bond motifs is 3. The average molecular weight is 244 g/mol. The van der Waals surface area contributed by atoms with Crippen LogP contribution in [0.4, 0.5) is 0 Å². The Labute approximate surface area is 101 Å². The topological polar surface area (TPSA) is 57.2 Å². The Morgan fingerprint density at radius 1 is 1.00 bits per heavy atom. The first-order valence-electron chi connectivity index (χ1n) is 6.19. The summed E-state index contributed by atoms with van der Waals surface area (Å²) in [6.07, 6.45) is -0.362. The smallest absolute Gasteiger partial charge is 0.190 e. The molecule has 3 rings (SSSR count). The molecule has 3 aliphatic heterocycles. The third-order valence-electron chi connectivity index (χ3n) is 3.68. The first-order valence-corrected chi connectivity index (χ1v) is 6.19. The highest BCUT2D eigenvalue weighted by Gasteiger charge is 2.60. The van der Waals surface area contributed by atoms with Crippen molar-refractivity contribution in [3.05, 3.63) is 0 Å². The number of hydrogen-bond acceptors (Lipinski definition) is 5. The predicted molar refractivity (Wildman–Crippen MR) is 58.0 cm³/mol. The van der Waals surface area contributed by atoms with Crippen LogP contribution in [0.2, 0.25) is 0 Å². The summed E-state index contributed by atoms with van der Waals surface area (Å²) in [5.41, 5.74) is 0. The van der Waals surface area contributed by atoms with E-state index in [1.54, 1.807) is 6.92 Å². The van der Waals surface area contributed by atoms with Gasteiger partial charge < -0.3 is 24.1 Å². The highest BCUT2D eigenvalue weighted by atomic mass is 16.8. The highest BCUT2D eigenvalue weighted by Crippen LogP contribution is 2.45. The van der Waals surface area contributed by atoms with Crippen molar-refractivity contribution < 1.29 is 24.1 Å². The molecule has 0 spiro atoms. The maximum absolute atomic E-state index is 10.1. The van der Waals surface area contributed by atoms with Crippen LogP contribution in [0.15, 0.2) is 0 Å². The molecule has 0 aromatic carbocycles. The fraction of sp³-hybridized carbons (Fsp3) is 1.00. The van der Waals surface area contributed by atoms with Crippen LogP contribution >= 0.6 is 0 Å². The molecule has 0 saturated carbocycles. The third kappa shape index (κ3) is 1.90. The minimum Gasteiger partial charge on any atom is -0.366 e. The highest BCUT2D eigenvalue weighted by molar-refractivity contribution is 4.99. The van der Waals surface area contributed by atoms with E-state index in [4.69, 9.17) is 18.9 Å². The second kappa shape index (κ2) is 3.42. The van der Waals surface area contributed by atoms with E-state index in [9.17, 15) is 5.11 Å². The number of ether oxygens (including phenoxy) is 4. The second-order valence-electron chi connectivity index (χ2n) is 6.01. The van der Waals surface area contributed by atoms with Crippen LogP contribution in [0.3, 0.4) is 0 Å². The van der Waals surface area contributed by atoms with Crippen LogP contribution in [-0.2, 0) is 18.9 Å². The summed E-state index contributed by atoms with van der Waals surface area (Å²) in [4.78, 5) is 0. The number of hydrogen-bond donors (Lipinski definition) is 1. The molecule has 0 aliphatic carbocycles. The van der Waals surface area contributed by atoms with Crippen molar-refractivity contribution in [3.63, 3.8) is 0 Å². The van der Waals surface area contributed by atoms with Gasteiger partial charge in [-0.2, -0.15) is 0 Å². The van der Waals surface area contributed by atoms with Crippen LogP contribution in [0, 0.1) is 5.92 Å². The summed E-state index contributed by atoms with van der Waals surface area (Å²) in [5, 5.41) is 10.1. The zero-order chi connectivity index (χ0) is 12.4. The number of aliphatic hydroxyl groups is 1. The van der Waals surface area contributed by atoms with Crippen molar-refractivity contribution in [2.24, 2.45) is 5.92 Å². The molecule has 98 valence electrons. The predicted octanol–water partition coefficient (Wildman–Crippen LogP) is 0.996. The van der Waals surface area contributed by atoms with Crippen molar-refractivity contribution in [2.75, 3.05) is 0 Å². The van der Waals surface area contributed by atoms with Gasteiger partial charge in [0.25, 0.3) is 0 Å². The zero-order valence-electron chi connectivity index (χ0n) is 10.7. The quantitative estimate of drug-likeness (QED) is 0.689. The molecule has 17 heavy (non-hydrogen) atoms. The summed E-state index contributed by atoms with van der Waals surface area (Å²) < 4.78 is 23.0.